The average molecular weight is 422 g/mol. The Morgan fingerprint density at radius 1 is 1.30 bits per heavy atom. The minimum Gasteiger partial charge on any atom is -0.494 e. The lowest BCUT2D eigenvalue weighted by molar-refractivity contribution is -0.121. The summed E-state index contributed by atoms with van der Waals surface area (Å²) in [6.07, 6.45) is 0.191. The van der Waals surface area contributed by atoms with Gasteiger partial charge in [0.25, 0.3) is 0 Å². The number of hydrogen-bond donors (Lipinski definition) is 2. The van der Waals surface area contributed by atoms with E-state index in [1.807, 2.05) is 62.4 Å². The number of amides is 2. The minimum absolute atomic E-state index is 0.0880. The standard InChI is InChI=1S/C23H23N3O3S/c1-3-29-18-9-7-16(8-10-18)19-12-21(27)26-23(20(19)13-24)30-14-22(28)25-17-6-4-5-15(2)11-17/h4-11,19H,3,12,14H2,1-2H3,(H,25,28)(H,26,27)/t19-/m1/s1. The number of nitrogens with one attached hydrogen (secondary N) is 2. The molecule has 7 heteroatoms. The third-order valence-corrected chi connectivity index (χ3v) is 5.62. The van der Waals surface area contributed by atoms with Gasteiger partial charge >= 0.3 is 0 Å². The summed E-state index contributed by atoms with van der Waals surface area (Å²) in [6.45, 7) is 4.43. The molecule has 2 aromatic carbocycles. The van der Waals surface area contributed by atoms with E-state index in [0.29, 0.717) is 17.2 Å². The Labute approximate surface area is 180 Å². The number of nitriles is 1. The lowest BCUT2D eigenvalue weighted by atomic mass is 9.87. The quantitative estimate of drug-likeness (QED) is 0.702. The Morgan fingerprint density at radius 2 is 2.07 bits per heavy atom. The first kappa shape index (κ1) is 21.5. The van der Waals surface area contributed by atoms with E-state index in [0.717, 1.165) is 34.3 Å². The molecule has 30 heavy (non-hydrogen) atoms. The van der Waals surface area contributed by atoms with Crippen LogP contribution in [0.5, 0.6) is 5.75 Å². The number of ether oxygens (including phenoxy) is 1. The molecule has 2 aromatic rings. The number of carbonyl (C=O) groups excluding carboxylic acids is 2. The van der Waals surface area contributed by atoms with Gasteiger partial charge in [-0.3, -0.25) is 9.59 Å². The van der Waals surface area contributed by atoms with Crippen molar-refractivity contribution in [2.24, 2.45) is 0 Å². The SMILES string of the molecule is CCOc1ccc([C@H]2CC(=O)NC(SCC(=O)Nc3cccc(C)c3)=C2C#N)cc1. The van der Waals surface area contributed by atoms with Crippen LogP contribution < -0.4 is 15.4 Å². The molecule has 2 N–H and O–H groups in total. The number of carbonyl (C=O) groups is 2. The van der Waals surface area contributed by atoms with Crippen molar-refractivity contribution in [1.29, 1.82) is 5.26 Å². The van der Waals surface area contributed by atoms with Crippen molar-refractivity contribution in [2.45, 2.75) is 26.2 Å². The summed E-state index contributed by atoms with van der Waals surface area (Å²) in [7, 11) is 0. The molecule has 0 aromatic heterocycles. The van der Waals surface area contributed by atoms with E-state index in [2.05, 4.69) is 16.7 Å². The highest BCUT2D eigenvalue weighted by atomic mass is 32.2. The summed E-state index contributed by atoms with van der Waals surface area (Å²) in [4.78, 5) is 24.6. The van der Waals surface area contributed by atoms with Crippen LogP contribution in [0.4, 0.5) is 5.69 Å². The van der Waals surface area contributed by atoms with Gasteiger partial charge in [0.05, 0.1) is 29.0 Å². The van der Waals surface area contributed by atoms with Crippen LogP contribution >= 0.6 is 11.8 Å². The summed E-state index contributed by atoms with van der Waals surface area (Å²) in [5.74, 6) is 0.112. The maximum absolute atomic E-state index is 12.3. The number of nitrogens with zero attached hydrogens (tertiary/aromatic N) is 1. The number of anilines is 1. The molecular weight excluding hydrogens is 398 g/mol. The molecule has 0 bridgehead atoms. The Hall–Kier alpha value is -3.24. The van der Waals surface area contributed by atoms with Crippen LogP contribution in [0.2, 0.25) is 0 Å². The third kappa shape index (κ3) is 5.43. The van der Waals surface area contributed by atoms with E-state index >= 15 is 0 Å². The van der Waals surface area contributed by atoms with Crippen LogP contribution in [0, 0.1) is 18.3 Å². The molecule has 0 aliphatic carbocycles. The molecular formula is C23H23N3O3S. The van der Waals surface area contributed by atoms with Crippen molar-refractivity contribution in [2.75, 3.05) is 17.7 Å². The summed E-state index contributed by atoms with van der Waals surface area (Å²) in [6, 6.07) is 17.2. The van der Waals surface area contributed by atoms with E-state index in [-0.39, 0.29) is 29.9 Å². The topological polar surface area (TPSA) is 91.2 Å². The fourth-order valence-corrected chi connectivity index (χ4v) is 4.12. The monoisotopic (exact) mass is 421 g/mol. The molecule has 1 aliphatic rings. The Kier molecular flexibility index (Phi) is 7.15. The van der Waals surface area contributed by atoms with Crippen LogP contribution in [0.1, 0.15) is 30.4 Å². The Bertz CT molecular complexity index is 1010. The molecule has 1 atom stereocenters. The molecule has 0 saturated heterocycles. The number of rotatable bonds is 7. The lowest BCUT2D eigenvalue weighted by Crippen LogP contribution is -2.31. The minimum atomic E-state index is -0.346. The van der Waals surface area contributed by atoms with Crippen LogP contribution in [-0.4, -0.2) is 24.2 Å². The van der Waals surface area contributed by atoms with Crippen molar-refractivity contribution in [1.82, 2.24) is 5.32 Å². The first-order valence-electron chi connectivity index (χ1n) is 9.66. The van der Waals surface area contributed by atoms with Gasteiger partial charge in [0.15, 0.2) is 0 Å². The Morgan fingerprint density at radius 3 is 2.73 bits per heavy atom. The van der Waals surface area contributed by atoms with E-state index in [1.165, 1.54) is 0 Å². The maximum Gasteiger partial charge on any atom is 0.234 e. The molecule has 2 amide bonds. The lowest BCUT2D eigenvalue weighted by Gasteiger charge is -2.25. The number of benzene rings is 2. The smallest absolute Gasteiger partial charge is 0.234 e. The molecule has 6 nitrogen and oxygen atoms in total. The summed E-state index contributed by atoms with van der Waals surface area (Å²) in [5, 5.41) is 15.8. The zero-order valence-electron chi connectivity index (χ0n) is 16.9. The molecule has 154 valence electrons. The molecule has 0 fully saturated rings. The molecule has 3 rings (SSSR count). The van der Waals surface area contributed by atoms with Crippen LogP contribution in [0.3, 0.4) is 0 Å². The van der Waals surface area contributed by atoms with E-state index < -0.39 is 0 Å². The van der Waals surface area contributed by atoms with Crippen molar-refractivity contribution in [3.63, 3.8) is 0 Å². The van der Waals surface area contributed by atoms with Crippen LogP contribution in [-0.2, 0) is 9.59 Å². The second-order valence-electron chi connectivity index (χ2n) is 6.87. The molecule has 1 heterocycles. The normalized spacial score (nSPS) is 15.9. The number of thioether (sulfide) groups is 1. The molecule has 0 spiro atoms. The van der Waals surface area contributed by atoms with Gasteiger partial charge in [-0.2, -0.15) is 5.26 Å². The molecule has 0 saturated carbocycles. The van der Waals surface area contributed by atoms with Crippen molar-refractivity contribution < 1.29 is 14.3 Å². The second-order valence-corrected chi connectivity index (χ2v) is 7.85. The molecule has 1 aliphatic heterocycles. The van der Waals surface area contributed by atoms with Crippen molar-refractivity contribution in [3.8, 4) is 11.8 Å². The predicted octanol–water partition coefficient (Wildman–Crippen LogP) is 4.10. The van der Waals surface area contributed by atoms with Gasteiger partial charge in [0.2, 0.25) is 11.8 Å². The summed E-state index contributed by atoms with van der Waals surface area (Å²) >= 11 is 1.16. The van der Waals surface area contributed by atoms with Crippen molar-refractivity contribution in [3.05, 3.63) is 70.3 Å². The summed E-state index contributed by atoms with van der Waals surface area (Å²) < 4.78 is 5.46. The van der Waals surface area contributed by atoms with Gasteiger partial charge in [-0.25, -0.2) is 0 Å². The first-order chi connectivity index (χ1) is 14.5. The van der Waals surface area contributed by atoms with E-state index in [1.54, 1.807) is 0 Å². The van der Waals surface area contributed by atoms with E-state index in [4.69, 9.17) is 4.74 Å². The number of allylic oxidation sites excluding steroid dienone is 1. The Balaban J connectivity index is 1.73. The highest BCUT2D eigenvalue weighted by Crippen LogP contribution is 2.36. The summed E-state index contributed by atoms with van der Waals surface area (Å²) in [5.41, 5.74) is 3.10. The zero-order valence-corrected chi connectivity index (χ0v) is 17.7. The second kappa shape index (κ2) is 9.99. The van der Waals surface area contributed by atoms with Crippen LogP contribution in [0.15, 0.2) is 59.1 Å². The number of aryl methyl sites for hydroxylation is 1. The highest BCUT2D eigenvalue weighted by Gasteiger charge is 2.29. The first-order valence-corrected chi connectivity index (χ1v) is 10.6. The van der Waals surface area contributed by atoms with Crippen LogP contribution in [0.25, 0.3) is 0 Å². The van der Waals surface area contributed by atoms with Crippen molar-refractivity contribution >= 4 is 29.3 Å². The highest BCUT2D eigenvalue weighted by molar-refractivity contribution is 8.03. The van der Waals surface area contributed by atoms with Gasteiger partial charge in [0.1, 0.15) is 5.75 Å². The third-order valence-electron chi connectivity index (χ3n) is 4.60. The largest absolute Gasteiger partial charge is 0.494 e. The fraction of sp³-hybridized carbons (Fsp3) is 0.261. The van der Waals surface area contributed by atoms with E-state index in [9.17, 15) is 14.9 Å². The average Bonchev–Trinajstić information content (AvgIpc) is 2.72. The zero-order chi connectivity index (χ0) is 21.5. The van der Waals surface area contributed by atoms with Gasteiger partial charge in [-0.15, -0.1) is 0 Å². The molecule has 0 radical (unpaired) electrons. The van der Waals surface area contributed by atoms with Gasteiger partial charge < -0.3 is 15.4 Å². The predicted molar refractivity (Wildman–Crippen MR) is 118 cm³/mol. The number of hydrogen-bond acceptors (Lipinski definition) is 5. The van der Waals surface area contributed by atoms with Gasteiger partial charge in [0, 0.05) is 18.0 Å². The van der Waals surface area contributed by atoms with Gasteiger partial charge in [-0.1, -0.05) is 36.0 Å². The fourth-order valence-electron chi connectivity index (χ4n) is 3.24. The maximum atomic E-state index is 12.3. The molecule has 0 unspecified atom stereocenters. The van der Waals surface area contributed by atoms with Gasteiger partial charge in [-0.05, 0) is 49.2 Å².